The Labute approximate surface area is 227 Å². The molecule has 7 nitrogen and oxygen atoms in total. The van der Waals surface area contributed by atoms with Crippen molar-refractivity contribution in [2.75, 3.05) is 19.6 Å². The Bertz CT molecular complexity index is 1110. The second kappa shape index (κ2) is 11.4. The number of carbonyl (C=O) groups is 3. The highest BCUT2D eigenvalue weighted by atomic mass is 79.9. The molecule has 5 rings (SSSR count). The first-order chi connectivity index (χ1) is 17.9. The van der Waals surface area contributed by atoms with Crippen LogP contribution in [0.3, 0.4) is 0 Å². The molecule has 3 fully saturated rings. The van der Waals surface area contributed by atoms with E-state index in [1.54, 1.807) is 0 Å². The van der Waals surface area contributed by atoms with Crippen LogP contribution in [0.5, 0.6) is 0 Å². The zero-order valence-electron chi connectivity index (χ0n) is 21.1. The number of urea groups is 1. The third-order valence-corrected chi connectivity index (χ3v) is 8.72. The number of carbonyl (C=O) groups excluding carboxylic acids is 3. The van der Waals surface area contributed by atoms with Gasteiger partial charge in [-0.3, -0.25) is 14.5 Å². The minimum atomic E-state index is -0.807. The van der Waals surface area contributed by atoms with E-state index < -0.39 is 5.54 Å². The van der Waals surface area contributed by atoms with Crippen LogP contribution in [0.2, 0.25) is 0 Å². The molecule has 8 heteroatoms. The predicted molar refractivity (Wildman–Crippen MR) is 146 cm³/mol. The Morgan fingerprint density at radius 3 is 2.38 bits per heavy atom. The summed E-state index contributed by atoms with van der Waals surface area (Å²) in [5, 5.41) is 6.34. The van der Waals surface area contributed by atoms with Crippen molar-refractivity contribution in [2.24, 2.45) is 5.92 Å². The largest absolute Gasteiger partial charge is 0.349 e. The Balaban J connectivity index is 1.17. The Hall–Kier alpha value is -2.71. The lowest BCUT2D eigenvalue weighted by molar-refractivity contribution is -0.133. The summed E-state index contributed by atoms with van der Waals surface area (Å²) in [4.78, 5) is 42.6. The van der Waals surface area contributed by atoms with Crippen molar-refractivity contribution in [3.8, 4) is 0 Å². The van der Waals surface area contributed by atoms with Crippen molar-refractivity contribution in [2.45, 2.75) is 63.1 Å². The molecule has 2 aromatic carbocycles. The van der Waals surface area contributed by atoms with Gasteiger partial charge in [0.25, 0.3) is 5.91 Å². The van der Waals surface area contributed by atoms with Gasteiger partial charge in [-0.25, -0.2) is 4.79 Å². The first kappa shape index (κ1) is 25.9. The van der Waals surface area contributed by atoms with Gasteiger partial charge in [0, 0.05) is 30.0 Å². The van der Waals surface area contributed by atoms with Gasteiger partial charge in [-0.05, 0) is 55.4 Å². The molecule has 0 bridgehead atoms. The number of likely N-dealkylation sites (tertiary alicyclic amines) is 1. The molecular formula is C29H35BrN4O3. The lowest BCUT2D eigenvalue weighted by Crippen LogP contribution is -2.55. The van der Waals surface area contributed by atoms with Gasteiger partial charge in [-0.1, -0.05) is 71.2 Å². The van der Waals surface area contributed by atoms with Crippen LogP contribution in [0, 0.1) is 5.92 Å². The molecule has 2 aromatic rings. The highest BCUT2D eigenvalue weighted by molar-refractivity contribution is 9.10. The summed E-state index contributed by atoms with van der Waals surface area (Å²) in [5.74, 6) is 0.193. The average Bonchev–Trinajstić information content (AvgIpc) is 3.53. The van der Waals surface area contributed by atoms with Gasteiger partial charge in [0.15, 0.2) is 0 Å². The SMILES string of the molecule is O=C(NC(CCN1CCC2(CC1)NC(=O)N(Cc1ccc(Br)cc1)C2=O)c1ccccc1)C1CCCC1. The number of nitrogens with one attached hydrogen (secondary N) is 2. The number of imide groups is 1. The maximum Gasteiger partial charge on any atom is 0.325 e. The fourth-order valence-corrected chi connectivity index (χ4v) is 6.15. The lowest BCUT2D eigenvalue weighted by Gasteiger charge is -2.38. The molecule has 2 N–H and O–H groups in total. The molecule has 1 spiro atoms. The summed E-state index contributed by atoms with van der Waals surface area (Å²) < 4.78 is 0.963. The predicted octanol–water partition coefficient (Wildman–Crippen LogP) is 4.77. The van der Waals surface area contributed by atoms with Crippen LogP contribution in [-0.4, -0.2) is 52.8 Å². The van der Waals surface area contributed by atoms with Gasteiger partial charge < -0.3 is 15.5 Å². The zero-order chi connectivity index (χ0) is 25.8. The molecule has 4 amide bonds. The van der Waals surface area contributed by atoms with E-state index in [2.05, 4.69) is 43.6 Å². The zero-order valence-corrected chi connectivity index (χ0v) is 22.7. The van der Waals surface area contributed by atoms with Crippen LogP contribution in [0.15, 0.2) is 59.1 Å². The van der Waals surface area contributed by atoms with Crippen LogP contribution in [0.1, 0.15) is 62.1 Å². The minimum Gasteiger partial charge on any atom is -0.349 e. The molecule has 3 aliphatic rings. The van der Waals surface area contributed by atoms with Gasteiger partial charge in [-0.15, -0.1) is 0 Å². The van der Waals surface area contributed by atoms with Crippen LogP contribution >= 0.6 is 15.9 Å². The maximum absolute atomic E-state index is 13.3. The summed E-state index contributed by atoms with van der Waals surface area (Å²) >= 11 is 3.42. The van der Waals surface area contributed by atoms with Crippen molar-refractivity contribution >= 4 is 33.8 Å². The maximum atomic E-state index is 13.3. The van der Waals surface area contributed by atoms with Crippen molar-refractivity contribution in [1.82, 2.24) is 20.4 Å². The highest BCUT2D eigenvalue weighted by Gasteiger charge is 2.52. The summed E-state index contributed by atoms with van der Waals surface area (Å²) in [7, 11) is 0. The molecule has 2 heterocycles. The third-order valence-electron chi connectivity index (χ3n) is 8.19. The number of halogens is 1. The molecular weight excluding hydrogens is 532 g/mol. The number of piperidine rings is 1. The van der Waals surface area contributed by atoms with E-state index in [1.165, 1.54) is 4.90 Å². The first-order valence-electron chi connectivity index (χ1n) is 13.4. The number of hydrogen-bond acceptors (Lipinski definition) is 4. The van der Waals surface area contributed by atoms with Crippen LogP contribution in [0.4, 0.5) is 4.79 Å². The number of benzene rings is 2. The van der Waals surface area contributed by atoms with Gasteiger partial charge in [-0.2, -0.15) is 0 Å². The summed E-state index contributed by atoms with van der Waals surface area (Å²) in [6, 6.07) is 17.5. The Kier molecular flexibility index (Phi) is 7.95. The van der Waals surface area contributed by atoms with Crippen LogP contribution < -0.4 is 10.6 Å². The number of hydrogen-bond donors (Lipinski definition) is 2. The van der Waals surface area contributed by atoms with Gasteiger partial charge in [0.05, 0.1) is 12.6 Å². The van der Waals surface area contributed by atoms with Crippen LogP contribution in [0.25, 0.3) is 0 Å². The molecule has 37 heavy (non-hydrogen) atoms. The molecule has 1 saturated carbocycles. The number of rotatable bonds is 8. The molecule has 2 aliphatic heterocycles. The fraction of sp³-hybridized carbons (Fsp3) is 0.483. The minimum absolute atomic E-state index is 0.0283. The second-order valence-electron chi connectivity index (χ2n) is 10.6. The second-order valence-corrected chi connectivity index (χ2v) is 11.5. The van der Waals surface area contributed by atoms with Crippen molar-refractivity contribution in [3.05, 3.63) is 70.2 Å². The molecule has 1 aliphatic carbocycles. The molecule has 196 valence electrons. The standard InChI is InChI=1S/C29H35BrN4O3/c30-24-12-10-21(11-13-24)20-34-27(36)29(32-28(34)37)15-18-33(19-16-29)17-14-25(22-6-2-1-3-7-22)31-26(35)23-8-4-5-9-23/h1-3,6-7,10-13,23,25H,4-5,8-9,14-20H2,(H,31,35)(H,32,37). The normalized spacial score (nSPS) is 20.8. The number of nitrogens with zero attached hydrogens (tertiary/aromatic N) is 2. The molecule has 1 unspecified atom stereocenters. The quantitative estimate of drug-likeness (QED) is 0.451. The van der Waals surface area contributed by atoms with E-state index in [0.29, 0.717) is 12.8 Å². The van der Waals surface area contributed by atoms with Crippen molar-refractivity contribution < 1.29 is 14.4 Å². The van der Waals surface area contributed by atoms with E-state index in [1.807, 2.05) is 42.5 Å². The summed E-state index contributed by atoms with van der Waals surface area (Å²) in [6.45, 7) is 2.57. The molecule has 0 radical (unpaired) electrons. The Morgan fingerprint density at radius 2 is 1.70 bits per heavy atom. The third kappa shape index (κ3) is 5.91. The summed E-state index contributed by atoms with van der Waals surface area (Å²) in [5.41, 5.74) is 1.25. The smallest absolute Gasteiger partial charge is 0.325 e. The average molecular weight is 568 g/mol. The molecule has 0 aromatic heterocycles. The fourth-order valence-electron chi connectivity index (χ4n) is 5.89. The molecule has 1 atom stereocenters. The van der Waals surface area contributed by atoms with Crippen molar-refractivity contribution in [1.29, 1.82) is 0 Å². The highest BCUT2D eigenvalue weighted by Crippen LogP contribution is 2.31. The van der Waals surface area contributed by atoms with E-state index in [4.69, 9.17) is 0 Å². The van der Waals surface area contributed by atoms with E-state index in [9.17, 15) is 14.4 Å². The van der Waals surface area contributed by atoms with E-state index in [0.717, 1.165) is 67.3 Å². The van der Waals surface area contributed by atoms with E-state index in [-0.39, 0.29) is 36.3 Å². The Morgan fingerprint density at radius 1 is 1.03 bits per heavy atom. The lowest BCUT2D eigenvalue weighted by atomic mass is 9.87. The molecule has 2 saturated heterocycles. The van der Waals surface area contributed by atoms with E-state index >= 15 is 0 Å². The first-order valence-corrected chi connectivity index (χ1v) is 14.2. The van der Waals surface area contributed by atoms with Gasteiger partial charge in [0.2, 0.25) is 5.91 Å². The topological polar surface area (TPSA) is 81.8 Å². The monoisotopic (exact) mass is 566 g/mol. The number of amides is 4. The van der Waals surface area contributed by atoms with Gasteiger partial charge >= 0.3 is 6.03 Å². The van der Waals surface area contributed by atoms with Gasteiger partial charge in [0.1, 0.15) is 5.54 Å². The summed E-state index contributed by atoms with van der Waals surface area (Å²) in [6.07, 6.45) is 6.25. The van der Waals surface area contributed by atoms with Crippen molar-refractivity contribution in [3.63, 3.8) is 0 Å². The van der Waals surface area contributed by atoms with Crippen LogP contribution in [-0.2, 0) is 16.1 Å².